The van der Waals surface area contributed by atoms with Gasteiger partial charge in [0.25, 0.3) is 5.56 Å². The maximum absolute atomic E-state index is 13.0. The molecule has 3 heterocycles. The molecule has 1 amide bonds. The molecule has 10 heteroatoms. The minimum absolute atomic E-state index is 0.125. The zero-order valence-corrected chi connectivity index (χ0v) is 20.0. The number of carbonyl (C=O) groups excluding carboxylic acids is 1. The number of rotatable bonds is 7. The van der Waals surface area contributed by atoms with E-state index in [0.29, 0.717) is 17.4 Å². The SMILES string of the molecule is CCn1c(SCC(=O)Nc2c(C)n(C)n(-c3ccccc3)c2=O)nnc1-c1csc(C)c1. The van der Waals surface area contributed by atoms with Crippen molar-refractivity contribution in [3.63, 3.8) is 0 Å². The van der Waals surface area contributed by atoms with E-state index in [1.165, 1.54) is 16.6 Å². The van der Waals surface area contributed by atoms with E-state index in [4.69, 9.17) is 0 Å². The topological polar surface area (TPSA) is 86.7 Å². The lowest BCUT2D eigenvalue weighted by Crippen LogP contribution is -2.23. The van der Waals surface area contributed by atoms with E-state index in [1.807, 2.05) is 48.7 Å². The zero-order valence-electron chi connectivity index (χ0n) is 18.3. The second-order valence-electron chi connectivity index (χ2n) is 7.27. The summed E-state index contributed by atoms with van der Waals surface area (Å²) in [6.07, 6.45) is 0. The Hall–Kier alpha value is -3.11. The van der Waals surface area contributed by atoms with Crippen molar-refractivity contribution in [2.45, 2.75) is 32.5 Å². The third kappa shape index (κ3) is 4.15. The molecule has 0 saturated carbocycles. The molecule has 1 aromatic carbocycles. The Morgan fingerprint density at radius 1 is 1.19 bits per heavy atom. The third-order valence-corrected chi connectivity index (χ3v) is 7.00. The standard InChI is InChI=1S/C22H24N6O2S2/c1-5-27-20(16-11-14(2)31-12-16)24-25-22(27)32-13-18(29)23-19-15(3)26(4)28(21(19)30)17-9-7-6-8-10-17/h6-12H,5,13H2,1-4H3,(H,23,29). The summed E-state index contributed by atoms with van der Waals surface area (Å²) in [6.45, 7) is 6.58. The van der Waals surface area contributed by atoms with Crippen molar-refractivity contribution in [1.29, 1.82) is 0 Å². The van der Waals surface area contributed by atoms with Crippen LogP contribution in [-0.4, -0.2) is 35.8 Å². The summed E-state index contributed by atoms with van der Waals surface area (Å²) in [7, 11) is 1.80. The molecule has 3 aromatic heterocycles. The van der Waals surface area contributed by atoms with Crippen LogP contribution in [0.15, 0.2) is 51.7 Å². The smallest absolute Gasteiger partial charge is 0.295 e. The first-order chi connectivity index (χ1) is 15.4. The lowest BCUT2D eigenvalue weighted by Gasteiger charge is -2.07. The van der Waals surface area contributed by atoms with E-state index in [2.05, 4.69) is 33.9 Å². The molecule has 8 nitrogen and oxygen atoms in total. The van der Waals surface area contributed by atoms with Crippen molar-refractivity contribution in [3.05, 3.63) is 62.7 Å². The van der Waals surface area contributed by atoms with Crippen molar-refractivity contribution in [1.82, 2.24) is 24.1 Å². The highest BCUT2D eigenvalue weighted by molar-refractivity contribution is 7.99. The van der Waals surface area contributed by atoms with Crippen LogP contribution in [0, 0.1) is 13.8 Å². The van der Waals surface area contributed by atoms with Gasteiger partial charge >= 0.3 is 0 Å². The summed E-state index contributed by atoms with van der Waals surface area (Å²) < 4.78 is 5.28. The van der Waals surface area contributed by atoms with Crippen molar-refractivity contribution in [2.24, 2.45) is 7.05 Å². The van der Waals surface area contributed by atoms with Gasteiger partial charge in [0.1, 0.15) is 5.69 Å². The largest absolute Gasteiger partial charge is 0.319 e. The molecular weight excluding hydrogens is 444 g/mol. The van der Waals surface area contributed by atoms with Gasteiger partial charge in [-0.15, -0.1) is 21.5 Å². The molecule has 4 rings (SSSR count). The van der Waals surface area contributed by atoms with Gasteiger partial charge < -0.3 is 9.88 Å². The van der Waals surface area contributed by atoms with Crippen molar-refractivity contribution < 1.29 is 4.79 Å². The summed E-state index contributed by atoms with van der Waals surface area (Å²) in [5, 5.41) is 14.1. The van der Waals surface area contributed by atoms with Gasteiger partial charge in [-0.2, -0.15) is 0 Å². The maximum atomic E-state index is 13.0. The Morgan fingerprint density at radius 2 is 1.94 bits per heavy atom. The number of aryl methyl sites for hydroxylation is 1. The molecule has 166 valence electrons. The van der Waals surface area contributed by atoms with Crippen LogP contribution in [0.25, 0.3) is 17.1 Å². The molecule has 0 aliphatic heterocycles. The lowest BCUT2D eigenvalue weighted by molar-refractivity contribution is -0.113. The first-order valence-corrected chi connectivity index (χ1v) is 12.0. The summed E-state index contributed by atoms with van der Waals surface area (Å²) in [5.74, 6) is 0.656. The van der Waals surface area contributed by atoms with Gasteiger partial charge in [-0.3, -0.25) is 14.3 Å². The fraction of sp³-hybridized carbons (Fsp3) is 0.273. The summed E-state index contributed by atoms with van der Waals surface area (Å²) in [4.78, 5) is 26.9. The van der Waals surface area contributed by atoms with Crippen molar-refractivity contribution in [3.8, 4) is 17.1 Å². The third-order valence-electron chi connectivity index (χ3n) is 5.17. The summed E-state index contributed by atoms with van der Waals surface area (Å²) in [6, 6.07) is 11.4. The molecule has 0 spiro atoms. The Kier molecular flexibility index (Phi) is 6.33. The average molecular weight is 469 g/mol. The van der Waals surface area contributed by atoms with Gasteiger partial charge in [0.15, 0.2) is 11.0 Å². The Labute approximate surface area is 193 Å². The van der Waals surface area contributed by atoms with Crippen molar-refractivity contribution >= 4 is 34.7 Å². The molecule has 32 heavy (non-hydrogen) atoms. The number of hydrogen-bond donors (Lipinski definition) is 1. The highest BCUT2D eigenvalue weighted by atomic mass is 32.2. The van der Waals surface area contributed by atoms with Gasteiger partial charge in [0.2, 0.25) is 5.91 Å². The fourth-order valence-corrected chi connectivity index (χ4v) is 4.96. The van der Waals surface area contributed by atoms with E-state index in [9.17, 15) is 9.59 Å². The monoisotopic (exact) mass is 468 g/mol. The van der Waals surface area contributed by atoms with Crippen LogP contribution < -0.4 is 10.9 Å². The summed E-state index contributed by atoms with van der Waals surface area (Å²) in [5.41, 5.74) is 2.48. The number of nitrogens with one attached hydrogen (secondary N) is 1. The normalized spacial score (nSPS) is 11.1. The van der Waals surface area contributed by atoms with Gasteiger partial charge in [0, 0.05) is 29.4 Å². The van der Waals surface area contributed by atoms with Crippen LogP contribution in [-0.2, 0) is 18.4 Å². The fourth-order valence-electron chi connectivity index (χ4n) is 3.47. The molecule has 0 aliphatic rings. The quantitative estimate of drug-likeness (QED) is 0.416. The Bertz CT molecular complexity index is 1320. The number of para-hydroxylation sites is 1. The number of amides is 1. The van der Waals surface area contributed by atoms with Crippen LogP contribution in [0.2, 0.25) is 0 Å². The molecule has 1 N–H and O–H groups in total. The predicted molar refractivity (Wildman–Crippen MR) is 129 cm³/mol. The highest BCUT2D eigenvalue weighted by Crippen LogP contribution is 2.27. The van der Waals surface area contributed by atoms with Crippen LogP contribution >= 0.6 is 23.1 Å². The first-order valence-electron chi connectivity index (χ1n) is 10.2. The molecule has 0 bridgehead atoms. The number of nitrogens with zero attached hydrogens (tertiary/aromatic N) is 5. The van der Waals surface area contributed by atoms with Crippen LogP contribution in [0.4, 0.5) is 5.69 Å². The van der Waals surface area contributed by atoms with E-state index in [0.717, 1.165) is 17.1 Å². The molecule has 0 radical (unpaired) electrons. The zero-order chi connectivity index (χ0) is 22.8. The number of hydrogen-bond acceptors (Lipinski definition) is 6. The number of aromatic nitrogens is 5. The molecule has 0 fully saturated rings. The average Bonchev–Trinajstić information content (AvgIpc) is 3.46. The molecular formula is C22H24N6O2S2. The van der Waals surface area contributed by atoms with E-state index < -0.39 is 0 Å². The molecule has 0 saturated heterocycles. The van der Waals surface area contributed by atoms with E-state index in [1.54, 1.807) is 27.7 Å². The van der Waals surface area contributed by atoms with Crippen LogP contribution in [0.5, 0.6) is 0 Å². The van der Waals surface area contributed by atoms with E-state index >= 15 is 0 Å². The van der Waals surface area contributed by atoms with Gasteiger partial charge in [-0.1, -0.05) is 30.0 Å². The predicted octanol–water partition coefficient (Wildman–Crippen LogP) is 3.86. The second kappa shape index (κ2) is 9.17. The highest BCUT2D eigenvalue weighted by Gasteiger charge is 2.19. The lowest BCUT2D eigenvalue weighted by atomic mass is 10.3. The number of thiophene rings is 1. The number of thioether (sulfide) groups is 1. The first kappa shape index (κ1) is 22.1. The van der Waals surface area contributed by atoms with Gasteiger partial charge in [-0.05, 0) is 39.0 Å². The van der Waals surface area contributed by atoms with Gasteiger partial charge in [-0.25, -0.2) is 4.68 Å². The van der Waals surface area contributed by atoms with Crippen LogP contribution in [0.3, 0.4) is 0 Å². The maximum Gasteiger partial charge on any atom is 0.295 e. The minimum atomic E-state index is -0.264. The van der Waals surface area contributed by atoms with Gasteiger partial charge in [0.05, 0.1) is 17.1 Å². The molecule has 4 aromatic rings. The Balaban J connectivity index is 1.50. The molecule has 0 atom stereocenters. The van der Waals surface area contributed by atoms with E-state index in [-0.39, 0.29) is 22.9 Å². The number of anilines is 1. The van der Waals surface area contributed by atoms with Crippen molar-refractivity contribution in [2.75, 3.05) is 11.1 Å². The van der Waals surface area contributed by atoms with Crippen LogP contribution in [0.1, 0.15) is 17.5 Å². The second-order valence-corrected chi connectivity index (χ2v) is 9.33. The number of benzene rings is 1. The molecule has 0 aliphatic carbocycles. The minimum Gasteiger partial charge on any atom is -0.319 e. The summed E-state index contributed by atoms with van der Waals surface area (Å²) >= 11 is 2.97. The Morgan fingerprint density at radius 3 is 2.59 bits per heavy atom. The molecule has 0 unspecified atom stereocenters. The number of carbonyl (C=O) groups is 1.